The van der Waals surface area contributed by atoms with Gasteiger partial charge in [0.1, 0.15) is 0 Å². The van der Waals surface area contributed by atoms with E-state index in [0.29, 0.717) is 18.7 Å². The number of thioether (sulfide) groups is 1. The number of benzene rings is 1. The Labute approximate surface area is 143 Å². The van der Waals surface area contributed by atoms with Crippen LogP contribution in [-0.4, -0.2) is 42.1 Å². The van der Waals surface area contributed by atoms with Crippen LogP contribution in [0.25, 0.3) is 0 Å². The molecule has 1 fully saturated rings. The molecule has 23 heavy (non-hydrogen) atoms. The molecule has 0 spiro atoms. The van der Waals surface area contributed by atoms with Crippen molar-refractivity contribution in [2.75, 3.05) is 25.4 Å². The Morgan fingerprint density at radius 2 is 2.00 bits per heavy atom. The van der Waals surface area contributed by atoms with Crippen LogP contribution in [0.15, 0.2) is 29.2 Å². The third-order valence-electron chi connectivity index (χ3n) is 3.99. The molecule has 1 aliphatic rings. The summed E-state index contributed by atoms with van der Waals surface area (Å²) in [5.74, 6) is 0.757. The lowest BCUT2D eigenvalue weighted by Crippen LogP contribution is -2.34. The SMILES string of the molecule is Cc1ccc(SCC(=O)NCCCN2CCCCCC2=O)cc1. The molecule has 0 radical (unpaired) electrons. The van der Waals surface area contributed by atoms with E-state index in [9.17, 15) is 9.59 Å². The molecule has 0 saturated carbocycles. The fourth-order valence-corrected chi connectivity index (χ4v) is 3.34. The van der Waals surface area contributed by atoms with Gasteiger partial charge in [0.05, 0.1) is 5.75 Å². The summed E-state index contributed by atoms with van der Waals surface area (Å²) in [6.07, 6.45) is 4.77. The van der Waals surface area contributed by atoms with Gasteiger partial charge in [0.25, 0.3) is 0 Å². The zero-order valence-electron chi connectivity index (χ0n) is 13.8. The highest BCUT2D eigenvalue weighted by Gasteiger charge is 2.15. The minimum atomic E-state index is 0.0535. The topological polar surface area (TPSA) is 49.4 Å². The summed E-state index contributed by atoms with van der Waals surface area (Å²) in [6.45, 7) is 4.31. The van der Waals surface area contributed by atoms with Crippen molar-refractivity contribution in [1.29, 1.82) is 0 Å². The molecule has 126 valence electrons. The van der Waals surface area contributed by atoms with E-state index in [1.807, 2.05) is 17.0 Å². The van der Waals surface area contributed by atoms with Crippen LogP contribution in [0.2, 0.25) is 0 Å². The van der Waals surface area contributed by atoms with E-state index in [1.54, 1.807) is 11.8 Å². The van der Waals surface area contributed by atoms with Gasteiger partial charge in [-0.1, -0.05) is 24.1 Å². The van der Waals surface area contributed by atoms with Crippen molar-refractivity contribution in [3.63, 3.8) is 0 Å². The van der Waals surface area contributed by atoms with E-state index in [0.717, 1.165) is 43.7 Å². The summed E-state index contributed by atoms with van der Waals surface area (Å²) in [5, 5.41) is 2.94. The van der Waals surface area contributed by atoms with Crippen LogP contribution in [0, 0.1) is 6.92 Å². The van der Waals surface area contributed by atoms with E-state index in [-0.39, 0.29) is 11.8 Å². The Kier molecular flexibility index (Phi) is 7.46. The van der Waals surface area contributed by atoms with Crippen molar-refractivity contribution < 1.29 is 9.59 Å². The highest BCUT2D eigenvalue weighted by Crippen LogP contribution is 2.17. The molecule has 4 nitrogen and oxygen atoms in total. The largest absolute Gasteiger partial charge is 0.355 e. The van der Waals surface area contributed by atoms with Crippen LogP contribution < -0.4 is 5.32 Å². The zero-order chi connectivity index (χ0) is 16.5. The molecule has 1 heterocycles. The van der Waals surface area contributed by atoms with Crippen LogP contribution in [-0.2, 0) is 9.59 Å². The van der Waals surface area contributed by atoms with Gasteiger partial charge in [-0.3, -0.25) is 9.59 Å². The first-order chi connectivity index (χ1) is 11.1. The lowest BCUT2D eigenvalue weighted by Gasteiger charge is -2.20. The Morgan fingerprint density at radius 1 is 1.22 bits per heavy atom. The summed E-state index contributed by atoms with van der Waals surface area (Å²) >= 11 is 1.55. The maximum atomic E-state index is 11.9. The Morgan fingerprint density at radius 3 is 2.78 bits per heavy atom. The van der Waals surface area contributed by atoms with Gasteiger partial charge in [0.2, 0.25) is 11.8 Å². The first-order valence-corrected chi connectivity index (χ1v) is 9.37. The quantitative estimate of drug-likeness (QED) is 0.616. The average molecular weight is 334 g/mol. The smallest absolute Gasteiger partial charge is 0.230 e. The summed E-state index contributed by atoms with van der Waals surface area (Å²) in [5.41, 5.74) is 1.22. The predicted octanol–water partition coefficient (Wildman–Crippen LogP) is 3.00. The highest BCUT2D eigenvalue weighted by atomic mass is 32.2. The summed E-state index contributed by atoms with van der Waals surface area (Å²) in [7, 11) is 0. The highest BCUT2D eigenvalue weighted by molar-refractivity contribution is 8.00. The van der Waals surface area contributed by atoms with Crippen molar-refractivity contribution in [2.45, 2.75) is 43.9 Å². The Bertz CT molecular complexity index is 516. The van der Waals surface area contributed by atoms with Gasteiger partial charge in [-0.2, -0.15) is 0 Å². The Balaban J connectivity index is 1.59. The van der Waals surface area contributed by atoms with E-state index < -0.39 is 0 Å². The molecule has 2 amide bonds. The summed E-state index contributed by atoms with van der Waals surface area (Å²) < 4.78 is 0. The molecule has 0 atom stereocenters. The lowest BCUT2D eigenvalue weighted by molar-refractivity contribution is -0.130. The van der Waals surface area contributed by atoms with Gasteiger partial charge in [-0.05, 0) is 38.3 Å². The third-order valence-corrected chi connectivity index (χ3v) is 5.00. The van der Waals surface area contributed by atoms with Gasteiger partial charge in [0, 0.05) is 31.0 Å². The number of hydrogen-bond acceptors (Lipinski definition) is 3. The standard InChI is InChI=1S/C18H26N2O2S/c1-15-7-9-16(10-8-15)23-14-17(21)19-11-5-13-20-12-4-2-3-6-18(20)22/h7-10H,2-6,11-14H2,1H3,(H,19,21). The molecule has 0 unspecified atom stereocenters. The molecule has 1 aliphatic heterocycles. The van der Waals surface area contributed by atoms with E-state index >= 15 is 0 Å². The number of nitrogens with one attached hydrogen (secondary N) is 1. The first kappa shape index (κ1) is 17.9. The molecule has 1 aromatic carbocycles. The lowest BCUT2D eigenvalue weighted by atomic mass is 10.2. The molecular formula is C18H26N2O2S. The number of hydrogen-bond donors (Lipinski definition) is 1. The molecule has 2 rings (SSSR count). The van der Waals surface area contributed by atoms with Gasteiger partial charge in [0.15, 0.2) is 0 Å². The molecule has 1 saturated heterocycles. The molecular weight excluding hydrogens is 308 g/mol. The number of aryl methyl sites for hydroxylation is 1. The van der Waals surface area contributed by atoms with Crippen molar-refractivity contribution in [3.05, 3.63) is 29.8 Å². The van der Waals surface area contributed by atoms with Gasteiger partial charge >= 0.3 is 0 Å². The molecule has 1 N–H and O–H groups in total. The van der Waals surface area contributed by atoms with Crippen LogP contribution in [0.5, 0.6) is 0 Å². The third kappa shape index (κ3) is 6.65. The number of likely N-dealkylation sites (tertiary alicyclic amines) is 1. The minimum absolute atomic E-state index is 0.0535. The summed E-state index contributed by atoms with van der Waals surface area (Å²) in [4.78, 5) is 26.8. The van der Waals surface area contributed by atoms with E-state index in [2.05, 4.69) is 24.4 Å². The minimum Gasteiger partial charge on any atom is -0.355 e. The second kappa shape index (κ2) is 9.60. The molecule has 0 bridgehead atoms. The zero-order valence-corrected chi connectivity index (χ0v) is 14.7. The van der Waals surface area contributed by atoms with E-state index in [4.69, 9.17) is 0 Å². The predicted molar refractivity (Wildman–Crippen MR) is 94.6 cm³/mol. The number of carbonyl (C=O) groups is 2. The maximum Gasteiger partial charge on any atom is 0.230 e. The average Bonchev–Trinajstić information content (AvgIpc) is 2.75. The summed E-state index contributed by atoms with van der Waals surface area (Å²) in [6, 6.07) is 8.19. The van der Waals surface area contributed by atoms with Crippen LogP contribution in [0.1, 0.15) is 37.7 Å². The van der Waals surface area contributed by atoms with Crippen LogP contribution in [0.4, 0.5) is 0 Å². The first-order valence-electron chi connectivity index (χ1n) is 8.39. The second-order valence-corrected chi connectivity index (χ2v) is 7.05. The normalized spacial score (nSPS) is 15.3. The van der Waals surface area contributed by atoms with Gasteiger partial charge in [-0.25, -0.2) is 0 Å². The van der Waals surface area contributed by atoms with Crippen LogP contribution >= 0.6 is 11.8 Å². The second-order valence-electron chi connectivity index (χ2n) is 6.00. The van der Waals surface area contributed by atoms with Crippen molar-refractivity contribution in [1.82, 2.24) is 10.2 Å². The monoisotopic (exact) mass is 334 g/mol. The van der Waals surface area contributed by atoms with Crippen molar-refractivity contribution in [2.24, 2.45) is 0 Å². The fourth-order valence-electron chi connectivity index (χ4n) is 2.61. The number of carbonyl (C=O) groups excluding carboxylic acids is 2. The van der Waals surface area contributed by atoms with Crippen LogP contribution in [0.3, 0.4) is 0 Å². The number of nitrogens with zero attached hydrogens (tertiary/aromatic N) is 1. The van der Waals surface area contributed by atoms with E-state index in [1.165, 1.54) is 5.56 Å². The molecule has 0 aliphatic carbocycles. The fraction of sp³-hybridized carbons (Fsp3) is 0.556. The molecule has 0 aromatic heterocycles. The molecule has 1 aromatic rings. The Hall–Kier alpha value is -1.49. The maximum absolute atomic E-state index is 11.9. The number of rotatable bonds is 7. The van der Waals surface area contributed by atoms with Crippen molar-refractivity contribution >= 4 is 23.6 Å². The van der Waals surface area contributed by atoms with Gasteiger partial charge in [-0.15, -0.1) is 11.8 Å². The number of amides is 2. The molecule has 5 heteroatoms. The van der Waals surface area contributed by atoms with Crippen molar-refractivity contribution in [3.8, 4) is 0 Å². The van der Waals surface area contributed by atoms with Gasteiger partial charge < -0.3 is 10.2 Å².